The van der Waals surface area contributed by atoms with E-state index in [0.717, 1.165) is 25.9 Å². The van der Waals surface area contributed by atoms with Gasteiger partial charge in [-0.3, -0.25) is 4.79 Å². The molecule has 1 heterocycles. The number of nitrogens with zero attached hydrogens (tertiary/aromatic N) is 1. The zero-order chi connectivity index (χ0) is 12.0. The molecule has 0 aromatic rings. The van der Waals surface area contributed by atoms with E-state index in [9.17, 15) is 4.79 Å². The second-order valence-electron chi connectivity index (χ2n) is 4.30. The molecule has 0 aliphatic carbocycles. The number of likely N-dealkylation sites (tertiary alicyclic amines) is 1. The van der Waals surface area contributed by atoms with Crippen molar-refractivity contribution in [3.8, 4) is 0 Å². The van der Waals surface area contributed by atoms with Gasteiger partial charge in [0.15, 0.2) is 0 Å². The normalized spacial score (nSPS) is 22.4. The molecule has 5 heteroatoms. The smallest absolute Gasteiger partial charge is 0.225 e. The molecule has 1 rings (SSSR count). The Kier molecular flexibility index (Phi) is 5.73. The Morgan fingerprint density at radius 1 is 1.69 bits per heavy atom. The van der Waals surface area contributed by atoms with Crippen molar-refractivity contribution in [2.24, 2.45) is 11.7 Å². The fraction of sp³-hybridized carbons (Fsp3) is 0.909. The third-order valence-corrected chi connectivity index (χ3v) is 3.17. The SMILES string of the molecule is COC(CN)CC(=O)N1CCC(CCO)C1. The van der Waals surface area contributed by atoms with E-state index >= 15 is 0 Å². The van der Waals surface area contributed by atoms with Crippen molar-refractivity contribution >= 4 is 5.91 Å². The van der Waals surface area contributed by atoms with Gasteiger partial charge < -0.3 is 20.5 Å². The molecule has 1 fully saturated rings. The standard InChI is InChI=1S/C11H22N2O3/c1-16-10(7-12)6-11(15)13-4-2-9(8-13)3-5-14/h9-10,14H,2-8,12H2,1H3. The molecule has 1 aliphatic rings. The van der Waals surface area contributed by atoms with Gasteiger partial charge in [-0.1, -0.05) is 0 Å². The summed E-state index contributed by atoms with van der Waals surface area (Å²) in [6.45, 7) is 2.14. The Hall–Kier alpha value is -0.650. The van der Waals surface area contributed by atoms with Gasteiger partial charge in [-0.15, -0.1) is 0 Å². The van der Waals surface area contributed by atoms with E-state index in [1.165, 1.54) is 0 Å². The summed E-state index contributed by atoms with van der Waals surface area (Å²) in [5.74, 6) is 0.561. The maximum Gasteiger partial charge on any atom is 0.225 e. The van der Waals surface area contributed by atoms with Gasteiger partial charge in [0.2, 0.25) is 5.91 Å². The van der Waals surface area contributed by atoms with E-state index in [4.69, 9.17) is 15.6 Å². The van der Waals surface area contributed by atoms with Crippen LogP contribution in [0.5, 0.6) is 0 Å². The lowest BCUT2D eigenvalue weighted by molar-refractivity contribution is -0.132. The van der Waals surface area contributed by atoms with Crippen LogP contribution in [0.3, 0.4) is 0 Å². The molecule has 2 atom stereocenters. The first-order valence-corrected chi connectivity index (χ1v) is 5.82. The topological polar surface area (TPSA) is 75.8 Å². The van der Waals surface area contributed by atoms with Crippen molar-refractivity contribution in [3.63, 3.8) is 0 Å². The highest BCUT2D eigenvalue weighted by Crippen LogP contribution is 2.20. The van der Waals surface area contributed by atoms with E-state index in [-0.39, 0.29) is 18.6 Å². The van der Waals surface area contributed by atoms with E-state index in [2.05, 4.69) is 0 Å². The zero-order valence-electron chi connectivity index (χ0n) is 9.89. The van der Waals surface area contributed by atoms with Gasteiger partial charge in [-0.2, -0.15) is 0 Å². The molecule has 0 aromatic carbocycles. The predicted molar refractivity (Wildman–Crippen MR) is 60.9 cm³/mol. The molecule has 94 valence electrons. The molecule has 0 saturated carbocycles. The number of aliphatic hydroxyl groups is 1. The summed E-state index contributed by atoms with van der Waals surface area (Å²) in [6, 6.07) is 0. The molecule has 0 aromatic heterocycles. The molecule has 0 radical (unpaired) electrons. The Labute approximate surface area is 96.6 Å². The van der Waals surface area contributed by atoms with E-state index in [1.54, 1.807) is 7.11 Å². The third kappa shape index (κ3) is 3.73. The number of nitrogens with two attached hydrogens (primary N) is 1. The summed E-state index contributed by atoms with van der Waals surface area (Å²) in [7, 11) is 1.57. The number of hydrogen-bond acceptors (Lipinski definition) is 4. The van der Waals surface area contributed by atoms with E-state index in [0.29, 0.717) is 18.9 Å². The first kappa shape index (κ1) is 13.4. The van der Waals surface area contributed by atoms with Crippen LogP contribution in [0.4, 0.5) is 0 Å². The first-order chi connectivity index (χ1) is 7.71. The lowest BCUT2D eigenvalue weighted by Gasteiger charge is -2.19. The zero-order valence-corrected chi connectivity index (χ0v) is 9.89. The largest absolute Gasteiger partial charge is 0.396 e. The number of amides is 1. The fourth-order valence-electron chi connectivity index (χ4n) is 2.06. The molecule has 1 saturated heterocycles. The van der Waals surface area contributed by atoms with Gasteiger partial charge in [-0.05, 0) is 18.8 Å². The summed E-state index contributed by atoms with van der Waals surface area (Å²) in [6.07, 6.45) is 1.96. The van der Waals surface area contributed by atoms with E-state index < -0.39 is 0 Å². The van der Waals surface area contributed by atoms with Crippen LogP contribution < -0.4 is 5.73 Å². The van der Waals surface area contributed by atoms with Crippen LogP contribution in [-0.2, 0) is 9.53 Å². The number of aliphatic hydroxyl groups excluding tert-OH is 1. The predicted octanol–water partition coefficient (Wildman–Crippen LogP) is -0.419. The van der Waals surface area contributed by atoms with Crippen molar-refractivity contribution in [2.45, 2.75) is 25.4 Å². The second kappa shape index (κ2) is 6.83. The van der Waals surface area contributed by atoms with Crippen LogP contribution in [0.15, 0.2) is 0 Å². The lowest BCUT2D eigenvalue weighted by atomic mass is 10.1. The molecule has 1 aliphatic heterocycles. The number of rotatable bonds is 6. The average Bonchev–Trinajstić information content (AvgIpc) is 2.74. The Morgan fingerprint density at radius 3 is 3.00 bits per heavy atom. The van der Waals surface area contributed by atoms with Gasteiger partial charge in [0.25, 0.3) is 0 Å². The van der Waals surface area contributed by atoms with Crippen LogP contribution in [0.2, 0.25) is 0 Å². The summed E-state index contributed by atoms with van der Waals surface area (Å²) in [5, 5.41) is 8.83. The van der Waals surface area contributed by atoms with Crippen LogP contribution in [0, 0.1) is 5.92 Å². The highest BCUT2D eigenvalue weighted by atomic mass is 16.5. The molecular formula is C11H22N2O3. The summed E-state index contributed by atoms with van der Waals surface area (Å²) in [4.78, 5) is 13.7. The number of methoxy groups -OCH3 is 1. The second-order valence-corrected chi connectivity index (χ2v) is 4.30. The van der Waals surface area contributed by atoms with Gasteiger partial charge in [0.1, 0.15) is 0 Å². The molecular weight excluding hydrogens is 208 g/mol. The van der Waals surface area contributed by atoms with Crippen LogP contribution in [0.25, 0.3) is 0 Å². The minimum Gasteiger partial charge on any atom is -0.396 e. The van der Waals surface area contributed by atoms with Gasteiger partial charge in [0, 0.05) is 33.4 Å². The number of carbonyl (C=O) groups is 1. The highest BCUT2D eigenvalue weighted by molar-refractivity contribution is 5.77. The maximum absolute atomic E-state index is 11.9. The van der Waals surface area contributed by atoms with Crippen molar-refractivity contribution in [1.82, 2.24) is 4.90 Å². The minimum absolute atomic E-state index is 0.109. The first-order valence-electron chi connectivity index (χ1n) is 5.82. The molecule has 2 unspecified atom stereocenters. The molecule has 0 bridgehead atoms. The lowest BCUT2D eigenvalue weighted by Crippen LogP contribution is -2.34. The molecule has 3 N–H and O–H groups in total. The Morgan fingerprint density at radius 2 is 2.44 bits per heavy atom. The number of hydrogen-bond donors (Lipinski definition) is 2. The molecule has 5 nitrogen and oxygen atoms in total. The highest BCUT2D eigenvalue weighted by Gasteiger charge is 2.26. The molecule has 16 heavy (non-hydrogen) atoms. The van der Waals surface area contributed by atoms with Gasteiger partial charge >= 0.3 is 0 Å². The van der Waals surface area contributed by atoms with Crippen LogP contribution in [-0.4, -0.2) is 55.4 Å². The van der Waals surface area contributed by atoms with Crippen molar-refractivity contribution in [2.75, 3.05) is 33.4 Å². The van der Waals surface area contributed by atoms with Crippen LogP contribution in [0.1, 0.15) is 19.3 Å². The summed E-state index contributed by atoms with van der Waals surface area (Å²) < 4.78 is 5.09. The van der Waals surface area contributed by atoms with Gasteiger partial charge in [0.05, 0.1) is 12.5 Å². The monoisotopic (exact) mass is 230 g/mol. The van der Waals surface area contributed by atoms with Crippen molar-refractivity contribution in [3.05, 3.63) is 0 Å². The number of carbonyl (C=O) groups excluding carboxylic acids is 1. The Bertz CT molecular complexity index is 219. The average molecular weight is 230 g/mol. The van der Waals surface area contributed by atoms with E-state index in [1.807, 2.05) is 4.90 Å². The van der Waals surface area contributed by atoms with Gasteiger partial charge in [-0.25, -0.2) is 0 Å². The summed E-state index contributed by atoms with van der Waals surface area (Å²) >= 11 is 0. The quantitative estimate of drug-likeness (QED) is 0.650. The fourth-order valence-corrected chi connectivity index (χ4v) is 2.06. The maximum atomic E-state index is 11.9. The van der Waals surface area contributed by atoms with Crippen molar-refractivity contribution < 1.29 is 14.6 Å². The Balaban J connectivity index is 2.33. The third-order valence-electron chi connectivity index (χ3n) is 3.17. The van der Waals surface area contributed by atoms with Crippen molar-refractivity contribution in [1.29, 1.82) is 0 Å². The summed E-state index contributed by atoms with van der Waals surface area (Å²) in [5.41, 5.74) is 5.48. The minimum atomic E-state index is -0.176. The molecule has 0 spiro atoms. The molecule has 1 amide bonds. The van der Waals surface area contributed by atoms with Crippen LogP contribution >= 0.6 is 0 Å². The number of ether oxygens (including phenoxy) is 1.